The van der Waals surface area contributed by atoms with Crippen LogP contribution in [0.4, 0.5) is 0 Å². The summed E-state index contributed by atoms with van der Waals surface area (Å²) in [6, 6.07) is 6.21. The minimum atomic E-state index is -3.16. The van der Waals surface area contributed by atoms with E-state index in [0.717, 1.165) is 24.2 Å². The minimum absolute atomic E-state index is 0.126. The third kappa shape index (κ3) is 3.19. The van der Waals surface area contributed by atoms with Crippen molar-refractivity contribution in [3.63, 3.8) is 0 Å². The van der Waals surface area contributed by atoms with Gasteiger partial charge < -0.3 is 9.88 Å². The monoisotopic (exact) mass is 321 g/mol. The van der Waals surface area contributed by atoms with E-state index in [4.69, 9.17) is 0 Å². The second-order valence-electron chi connectivity index (χ2n) is 6.14. The van der Waals surface area contributed by atoms with E-state index < -0.39 is 10.0 Å². The molecule has 1 atom stereocenters. The van der Waals surface area contributed by atoms with Crippen LogP contribution in [0.25, 0.3) is 10.9 Å². The molecule has 1 fully saturated rings. The summed E-state index contributed by atoms with van der Waals surface area (Å²) >= 11 is 0. The van der Waals surface area contributed by atoms with Crippen LogP contribution in [0.2, 0.25) is 0 Å². The molecule has 1 saturated heterocycles. The third-order valence-corrected chi connectivity index (χ3v) is 5.94. The molecule has 1 aromatic heterocycles. The summed E-state index contributed by atoms with van der Waals surface area (Å²) < 4.78 is 25.5. The van der Waals surface area contributed by atoms with Crippen molar-refractivity contribution < 1.29 is 8.42 Å². The number of aromatic nitrogens is 1. The molecule has 2 N–H and O–H groups in total. The van der Waals surface area contributed by atoms with Crippen molar-refractivity contribution in [3.05, 3.63) is 35.5 Å². The van der Waals surface area contributed by atoms with Gasteiger partial charge in [0.25, 0.3) is 0 Å². The van der Waals surface area contributed by atoms with Gasteiger partial charge in [-0.1, -0.05) is 6.07 Å². The number of nitrogens with zero attached hydrogens (tertiary/aromatic N) is 1. The summed E-state index contributed by atoms with van der Waals surface area (Å²) in [5.74, 6) is 0.691. The van der Waals surface area contributed by atoms with E-state index in [2.05, 4.69) is 40.0 Å². The molecule has 2 aromatic rings. The van der Waals surface area contributed by atoms with E-state index in [1.807, 2.05) is 6.07 Å². The zero-order chi connectivity index (χ0) is 15.7. The highest BCUT2D eigenvalue weighted by Gasteiger charge is 2.23. The summed E-state index contributed by atoms with van der Waals surface area (Å²) in [7, 11) is 0.458. The van der Waals surface area contributed by atoms with Gasteiger partial charge in [0.05, 0.1) is 5.75 Å². The molecule has 0 radical (unpaired) electrons. The van der Waals surface area contributed by atoms with Gasteiger partial charge in [-0.25, -0.2) is 13.1 Å². The molecule has 0 saturated carbocycles. The topological polar surface area (TPSA) is 65.2 Å². The van der Waals surface area contributed by atoms with E-state index in [1.54, 1.807) is 0 Å². The van der Waals surface area contributed by atoms with Crippen molar-refractivity contribution in [2.75, 3.05) is 32.9 Å². The lowest BCUT2D eigenvalue weighted by Crippen LogP contribution is -2.23. The van der Waals surface area contributed by atoms with Crippen LogP contribution in [-0.2, 0) is 16.4 Å². The lowest BCUT2D eigenvalue weighted by atomic mass is 9.96. The fourth-order valence-corrected chi connectivity index (χ4v) is 3.93. The molecule has 0 bridgehead atoms. The van der Waals surface area contributed by atoms with Gasteiger partial charge in [-0.3, -0.25) is 0 Å². The molecule has 120 valence electrons. The van der Waals surface area contributed by atoms with Crippen LogP contribution in [-0.4, -0.2) is 51.2 Å². The number of rotatable bonds is 5. The number of nitrogens with one attached hydrogen (secondary N) is 2. The van der Waals surface area contributed by atoms with Crippen molar-refractivity contribution in [2.45, 2.75) is 18.8 Å². The number of likely N-dealkylation sites (N-methyl/N-ethyl adjacent to an activating group) is 1. The lowest BCUT2D eigenvalue weighted by molar-refractivity contribution is 0.412. The summed E-state index contributed by atoms with van der Waals surface area (Å²) in [6.07, 6.45) is 3.83. The van der Waals surface area contributed by atoms with E-state index in [9.17, 15) is 8.42 Å². The zero-order valence-corrected chi connectivity index (χ0v) is 13.9. The smallest absolute Gasteiger partial charge is 0.211 e. The van der Waals surface area contributed by atoms with Crippen LogP contribution in [0.15, 0.2) is 24.4 Å². The molecule has 22 heavy (non-hydrogen) atoms. The van der Waals surface area contributed by atoms with Gasteiger partial charge in [0.15, 0.2) is 0 Å². The van der Waals surface area contributed by atoms with Crippen molar-refractivity contribution in [3.8, 4) is 0 Å². The summed E-state index contributed by atoms with van der Waals surface area (Å²) in [4.78, 5) is 5.70. The van der Waals surface area contributed by atoms with Gasteiger partial charge in [0.1, 0.15) is 0 Å². The van der Waals surface area contributed by atoms with Gasteiger partial charge in [-0.15, -0.1) is 0 Å². The highest BCUT2D eigenvalue weighted by atomic mass is 32.2. The Balaban J connectivity index is 1.85. The minimum Gasteiger partial charge on any atom is -0.361 e. The Hall–Kier alpha value is -1.37. The first-order chi connectivity index (χ1) is 10.5. The van der Waals surface area contributed by atoms with Crippen LogP contribution in [0, 0.1) is 0 Å². The van der Waals surface area contributed by atoms with E-state index in [-0.39, 0.29) is 5.75 Å². The van der Waals surface area contributed by atoms with Gasteiger partial charge in [-0.2, -0.15) is 0 Å². The van der Waals surface area contributed by atoms with Crippen LogP contribution in [0.5, 0.6) is 0 Å². The predicted octanol–water partition coefficient (Wildman–Crippen LogP) is 1.68. The molecule has 6 heteroatoms. The Morgan fingerprint density at radius 2 is 2.23 bits per heavy atom. The standard InChI is InChI=1S/C16H23N3O2S/c1-17-22(20,21)8-6-12-3-4-16-14(9-12)15(10-18-16)13-5-7-19(2)11-13/h3-4,9-10,13,17-18H,5-8,11H2,1-2H3. The first-order valence-corrected chi connectivity index (χ1v) is 9.33. The summed E-state index contributed by atoms with van der Waals surface area (Å²) in [5, 5.41) is 1.24. The quantitative estimate of drug-likeness (QED) is 0.880. The number of aromatic amines is 1. The molecule has 1 unspecified atom stereocenters. The number of aryl methyl sites for hydroxylation is 1. The fourth-order valence-electron chi connectivity index (χ4n) is 3.23. The number of hydrogen-bond acceptors (Lipinski definition) is 3. The zero-order valence-electron chi connectivity index (χ0n) is 13.1. The highest BCUT2D eigenvalue weighted by molar-refractivity contribution is 7.89. The van der Waals surface area contributed by atoms with Crippen LogP contribution in [0.3, 0.4) is 0 Å². The first kappa shape index (κ1) is 15.5. The number of sulfonamides is 1. The molecule has 0 aliphatic carbocycles. The van der Waals surface area contributed by atoms with E-state index >= 15 is 0 Å². The van der Waals surface area contributed by atoms with Crippen LogP contribution < -0.4 is 4.72 Å². The molecular formula is C16H23N3O2S. The molecule has 1 aliphatic rings. The molecule has 3 rings (SSSR count). The second kappa shape index (κ2) is 6.02. The Bertz CT molecular complexity index is 767. The summed E-state index contributed by atoms with van der Waals surface area (Å²) in [6.45, 7) is 2.22. The molecule has 0 amide bonds. The highest BCUT2D eigenvalue weighted by Crippen LogP contribution is 2.32. The van der Waals surface area contributed by atoms with Crippen LogP contribution >= 0.6 is 0 Å². The number of fused-ring (bicyclic) bond motifs is 1. The normalized spacial score (nSPS) is 20.0. The average molecular weight is 321 g/mol. The lowest BCUT2D eigenvalue weighted by Gasteiger charge is -2.10. The Morgan fingerprint density at radius 1 is 1.41 bits per heavy atom. The maximum atomic E-state index is 11.6. The van der Waals surface area contributed by atoms with Crippen molar-refractivity contribution in [1.29, 1.82) is 0 Å². The molecule has 0 spiro atoms. The Morgan fingerprint density at radius 3 is 2.91 bits per heavy atom. The molecule has 2 heterocycles. The maximum Gasteiger partial charge on any atom is 0.211 e. The predicted molar refractivity (Wildman–Crippen MR) is 89.7 cm³/mol. The van der Waals surface area contributed by atoms with Gasteiger partial charge in [0.2, 0.25) is 10.0 Å². The van der Waals surface area contributed by atoms with E-state index in [0.29, 0.717) is 12.3 Å². The largest absolute Gasteiger partial charge is 0.361 e. The number of hydrogen-bond donors (Lipinski definition) is 2. The van der Waals surface area contributed by atoms with Crippen molar-refractivity contribution in [2.24, 2.45) is 0 Å². The molecule has 1 aliphatic heterocycles. The number of H-pyrrole nitrogens is 1. The van der Waals surface area contributed by atoms with E-state index in [1.165, 1.54) is 24.4 Å². The molecular weight excluding hydrogens is 298 g/mol. The Kier molecular flexibility index (Phi) is 4.25. The maximum absolute atomic E-state index is 11.6. The number of likely N-dealkylation sites (tertiary alicyclic amines) is 1. The third-order valence-electron chi connectivity index (χ3n) is 4.58. The SMILES string of the molecule is CNS(=O)(=O)CCc1ccc2[nH]cc(C3CCN(C)C3)c2c1. The number of benzene rings is 1. The van der Waals surface area contributed by atoms with Crippen LogP contribution in [0.1, 0.15) is 23.5 Å². The summed E-state index contributed by atoms with van der Waals surface area (Å²) in [5.41, 5.74) is 3.56. The van der Waals surface area contributed by atoms with Crippen molar-refractivity contribution >= 4 is 20.9 Å². The Labute approximate surface area is 131 Å². The van der Waals surface area contributed by atoms with Gasteiger partial charge in [-0.05, 0) is 62.7 Å². The van der Waals surface area contributed by atoms with Gasteiger partial charge >= 0.3 is 0 Å². The van der Waals surface area contributed by atoms with Crippen molar-refractivity contribution in [1.82, 2.24) is 14.6 Å². The van der Waals surface area contributed by atoms with Gasteiger partial charge in [0, 0.05) is 23.6 Å². The average Bonchev–Trinajstić information content (AvgIpc) is 3.10. The second-order valence-corrected chi connectivity index (χ2v) is 8.19. The molecule has 1 aromatic carbocycles. The first-order valence-electron chi connectivity index (χ1n) is 7.68. The molecule has 5 nitrogen and oxygen atoms in total. The fraction of sp³-hybridized carbons (Fsp3) is 0.500.